The van der Waals surface area contributed by atoms with E-state index in [1.807, 2.05) is 0 Å². The smallest absolute Gasteiger partial charge is 0.389 e. The van der Waals surface area contributed by atoms with Gasteiger partial charge in [-0.2, -0.15) is 13.2 Å². The molecule has 1 nitrogen and oxygen atoms in total. The third-order valence-electron chi connectivity index (χ3n) is 1.66. The van der Waals surface area contributed by atoms with Crippen molar-refractivity contribution >= 4 is 0 Å². The largest absolute Gasteiger partial charge is 0.389 e. The summed E-state index contributed by atoms with van der Waals surface area (Å²) in [6.45, 7) is 1.45. The van der Waals surface area contributed by atoms with E-state index in [9.17, 15) is 18.3 Å². The van der Waals surface area contributed by atoms with Gasteiger partial charge >= 0.3 is 6.18 Å². The first-order valence-corrected chi connectivity index (χ1v) is 3.99. The Bertz CT molecular complexity index is 188. The Hall–Kier alpha value is -0.690. The second-order valence-electron chi connectivity index (χ2n) is 3.35. The van der Waals surface area contributed by atoms with E-state index in [1.54, 1.807) is 0 Å². The van der Waals surface area contributed by atoms with E-state index in [2.05, 4.69) is 5.92 Å². The van der Waals surface area contributed by atoms with Crippen LogP contribution in [0.25, 0.3) is 0 Å². The number of hydrogen-bond acceptors (Lipinski definition) is 1. The molecule has 0 saturated heterocycles. The maximum atomic E-state index is 11.7. The van der Waals surface area contributed by atoms with Crippen LogP contribution in [0.15, 0.2) is 0 Å². The third kappa shape index (κ3) is 7.66. The molecule has 0 bridgehead atoms. The fourth-order valence-electron chi connectivity index (χ4n) is 0.978. The molecule has 0 aromatic heterocycles. The molecule has 0 fully saturated rings. The number of aliphatic hydroxyl groups is 1. The highest BCUT2D eigenvalue weighted by atomic mass is 19.4. The first-order chi connectivity index (χ1) is 5.77. The Balaban J connectivity index is 3.71. The molecule has 0 spiro atoms. The summed E-state index contributed by atoms with van der Waals surface area (Å²) in [5, 5.41) is 9.40. The molecule has 0 radical (unpaired) electrons. The zero-order chi connectivity index (χ0) is 10.5. The molecule has 13 heavy (non-hydrogen) atoms. The van der Waals surface area contributed by atoms with Crippen LogP contribution in [0.3, 0.4) is 0 Å². The molecular weight excluding hydrogens is 181 g/mol. The van der Waals surface area contributed by atoms with E-state index in [0.29, 0.717) is 0 Å². The zero-order valence-corrected chi connectivity index (χ0v) is 7.49. The molecule has 0 aromatic rings. The lowest BCUT2D eigenvalue weighted by molar-refractivity contribution is -0.137. The van der Waals surface area contributed by atoms with E-state index in [0.717, 1.165) is 0 Å². The topological polar surface area (TPSA) is 20.2 Å². The Kier molecular flexibility index (Phi) is 4.28. The van der Waals surface area contributed by atoms with Gasteiger partial charge in [0.1, 0.15) is 0 Å². The monoisotopic (exact) mass is 194 g/mol. The highest BCUT2D eigenvalue weighted by Gasteiger charge is 2.28. The quantitative estimate of drug-likeness (QED) is 0.682. The van der Waals surface area contributed by atoms with Gasteiger partial charge in [0, 0.05) is 12.8 Å². The van der Waals surface area contributed by atoms with Crippen LogP contribution < -0.4 is 0 Å². The molecule has 0 aliphatic heterocycles. The summed E-state index contributed by atoms with van der Waals surface area (Å²) in [5.74, 6) is 2.22. The standard InChI is InChI=1S/C9H13F3O/c1-3-5-8(2,13)6-4-7-9(10,11)12/h1,13H,4-7H2,2H3. The Morgan fingerprint density at radius 3 is 2.23 bits per heavy atom. The summed E-state index contributed by atoms with van der Waals surface area (Å²) in [6.07, 6.45) is 0.00908. The van der Waals surface area contributed by atoms with E-state index in [1.165, 1.54) is 6.92 Å². The molecule has 0 amide bonds. The van der Waals surface area contributed by atoms with Gasteiger partial charge in [0.25, 0.3) is 0 Å². The van der Waals surface area contributed by atoms with Gasteiger partial charge in [-0.05, 0) is 19.8 Å². The predicted octanol–water partition coefficient (Wildman–Crippen LogP) is 2.49. The molecular formula is C9H13F3O. The SMILES string of the molecule is C#CCC(C)(O)CCCC(F)(F)F. The molecule has 1 N–H and O–H groups in total. The van der Waals surface area contributed by atoms with Crippen LogP contribution in [0, 0.1) is 12.3 Å². The minimum atomic E-state index is -4.15. The molecule has 0 saturated carbocycles. The summed E-state index contributed by atoms with van der Waals surface area (Å²) in [4.78, 5) is 0. The average molecular weight is 194 g/mol. The van der Waals surface area contributed by atoms with E-state index in [-0.39, 0.29) is 19.3 Å². The van der Waals surface area contributed by atoms with Crippen molar-refractivity contribution < 1.29 is 18.3 Å². The lowest BCUT2D eigenvalue weighted by atomic mass is 9.96. The second-order valence-corrected chi connectivity index (χ2v) is 3.35. The first kappa shape index (κ1) is 12.3. The number of halogens is 3. The van der Waals surface area contributed by atoms with Crippen molar-refractivity contribution in [1.82, 2.24) is 0 Å². The van der Waals surface area contributed by atoms with Crippen LogP contribution in [0.5, 0.6) is 0 Å². The molecule has 4 heteroatoms. The van der Waals surface area contributed by atoms with Crippen molar-refractivity contribution in [1.29, 1.82) is 0 Å². The van der Waals surface area contributed by atoms with E-state index in [4.69, 9.17) is 6.42 Å². The Morgan fingerprint density at radius 1 is 1.31 bits per heavy atom. The molecule has 76 valence electrons. The van der Waals surface area contributed by atoms with Crippen molar-refractivity contribution in [2.24, 2.45) is 0 Å². The van der Waals surface area contributed by atoms with Crippen LogP contribution in [0.1, 0.15) is 32.6 Å². The minimum absolute atomic E-state index is 0.0801. The van der Waals surface area contributed by atoms with E-state index >= 15 is 0 Å². The third-order valence-corrected chi connectivity index (χ3v) is 1.66. The summed E-state index contributed by atoms with van der Waals surface area (Å²) >= 11 is 0. The van der Waals surface area contributed by atoms with Crippen LogP contribution in [0.4, 0.5) is 13.2 Å². The van der Waals surface area contributed by atoms with Crippen LogP contribution in [-0.2, 0) is 0 Å². The van der Waals surface area contributed by atoms with Gasteiger partial charge in [-0.3, -0.25) is 0 Å². The number of terminal acetylenes is 1. The lowest BCUT2D eigenvalue weighted by Gasteiger charge is -2.20. The molecule has 0 aliphatic rings. The maximum absolute atomic E-state index is 11.7. The van der Waals surface area contributed by atoms with Crippen molar-refractivity contribution in [2.45, 2.75) is 44.4 Å². The maximum Gasteiger partial charge on any atom is 0.389 e. The van der Waals surface area contributed by atoms with Crippen LogP contribution in [0.2, 0.25) is 0 Å². The number of hydrogen-bond donors (Lipinski definition) is 1. The van der Waals surface area contributed by atoms with Gasteiger partial charge in [-0.25, -0.2) is 0 Å². The minimum Gasteiger partial charge on any atom is -0.389 e. The van der Waals surface area contributed by atoms with Crippen molar-refractivity contribution in [2.75, 3.05) is 0 Å². The summed E-state index contributed by atoms with van der Waals surface area (Å²) in [7, 11) is 0. The second kappa shape index (κ2) is 4.52. The highest BCUT2D eigenvalue weighted by molar-refractivity contribution is 4.92. The summed E-state index contributed by atoms with van der Waals surface area (Å²) < 4.78 is 35.1. The Labute approximate surface area is 75.9 Å². The van der Waals surface area contributed by atoms with Gasteiger partial charge in [0.2, 0.25) is 0 Å². The van der Waals surface area contributed by atoms with Gasteiger partial charge in [-0.15, -0.1) is 12.3 Å². The lowest BCUT2D eigenvalue weighted by Crippen LogP contribution is -2.23. The normalized spacial score (nSPS) is 16.3. The van der Waals surface area contributed by atoms with Crippen molar-refractivity contribution in [3.63, 3.8) is 0 Å². The first-order valence-electron chi connectivity index (χ1n) is 3.99. The fraction of sp³-hybridized carbons (Fsp3) is 0.778. The van der Waals surface area contributed by atoms with E-state index < -0.39 is 18.2 Å². The Morgan fingerprint density at radius 2 is 1.85 bits per heavy atom. The predicted molar refractivity (Wildman–Crippen MR) is 44.0 cm³/mol. The van der Waals surface area contributed by atoms with Crippen LogP contribution >= 0.6 is 0 Å². The van der Waals surface area contributed by atoms with Crippen molar-refractivity contribution in [3.8, 4) is 12.3 Å². The molecule has 0 heterocycles. The van der Waals surface area contributed by atoms with Gasteiger partial charge in [0.05, 0.1) is 5.60 Å². The number of rotatable bonds is 4. The van der Waals surface area contributed by atoms with Crippen LogP contribution in [-0.4, -0.2) is 16.9 Å². The fourth-order valence-corrected chi connectivity index (χ4v) is 0.978. The summed E-state index contributed by atoms with van der Waals surface area (Å²) in [5.41, 5.74) is -1.17. The number of alkyl halides is 3. The van der Waals surface area contributed by atoms with Gasteiger partial charge < -0.3 is 5.11 Å². The summed E-state index contributed by atoms with van der Waals surface area (Å²) in [6, 6.07) is 0. The zero-order valence-electron chi connectivity index (χ0n) is 7.49. The molecule has 1 unspecified atom stereocenters. The van der Waals surface area contributed by atoms with Gasteiger partial charge in [0.15, 0.2) is 0 Å². The average Bonchev–Trinajstić information content (AvgIpc) is 1.82. The molecule has 0 aromatic carbocycles. The van der Waals surface area contributed by atoms with Crippen molar-refractivity contribution in [3.05, 3.63) is 0 Å². The van der Waals surface area contributed by atoms with Gasteiger partial charge in [-0.1, -0.05) is 0 Å². The molecule has 0 rings (SSSR count). The highest BCUT2D eigenvalue weighted by Crippen LogP contribution is 2.25. The molecule has 0 aliphatic carbocycles. The molecule has 1 atom stereocenters.